The van der Waals surface area contributed by atoms with Crippen molar-refractivity contribution in [2.24, 2.45) is 0 Å². The average molecular weight is 226 g/mol. The summed E-state index contributed by atoms with van der Waals surface area (Å²) >= 11 is 0. The van der Waals surface area contributed by atoms with Gasteiger partial charge in [-0.25, -0.2) is 9.97 Å². The van der Waals surface area contributed by atoms with Crippen LogP contribution < -0.4 is 5.32 Å². The van der Waals surface area contributed by atoms with Gasteiger partial charge >= 0.3 is 0 Å². The van der Waals surface area contributed by atoms with Crippen LogP contribution in [0.15, 0.2) is 24.4 Å². The third kappa shape index (κ3) is 1.80. The number of nitrogens with one attached hydrogen (secondary N) is 1. The van der Waals surface area contributed by atoms with Crippen molar-refractivity contribution in [3.05, 3.63) is 41.3 Å². The molecule has 4 heteroatoms. The van der Waals surface area contributed by atoms with E-state index in [9.17, 15) is 0 Å². The number of aryl methyl sites for hydroxylation is 1. The third-order valence-corrected chi connectivity index (χ3v) is 3.00. The van der Waals surface area contributed by atoms with Crippen LogP contribution in [0.2, 0.25) is 0 Å². The van der Waals surface area contributed by atoms with Gasteiger partial charge in [-0.15, -0.1) is 0 Å². The fraction of sp³-hybridized carbons (Fsp3) is 0.308. The molecule has 0 amide bonds. The zero-order valence-corrected chi connectivity index (χ0v) is 9.77. The van der Waals surface area contributed by atoms with Gasteiger partial charge < -0.3 is 5.32 Å². The van der Waals surface area contributed by atoms with Crippen LogP contribution in [0.4, 0.5) is 0 Å². The first kappa shape index (κ1) is 10.4. The predicted octanol–water partition coefficient (Wildman–Crippen LogP) is 1.70. The molecular formula is C13H14N4. The van der Waals surface area contributed by atoms with Crippen molar-refractivity contribution in [3.8, 4) is 11.5 Å². The zero-order chi connectivity index (χ0) is 11.7. The molecule has 0 radical (unpaired) electrons. The second-order valence-corrected chi connectivity index (χ2v) is 4.09. The molecule has 4 nitrogen and oxygen atoms in total. The maximum absolute atomic E-state index is 4.62. The van der Waals surface area contributed by atoms with E-state index in [1.165, 1.54) is 5.56 Å². The van der Waals surface area contributed by atoms with Crippen molar-refractivity contribution < 1.29 is 0 Å². The zero-order valence-electron chi connectivity index (χ0n) is 9.77. The largest absolute Gasteiger partial charge is 0.307 e. The molecule has 0 bridgehead atoms. The smallest absolute Gasteiger partial charge is 0.178 e. The highest BCUT2D eigenvalue weighted by Crippen LogP contribution is 2.21. The summed E-state index contributed by atoms with van der Waals surface area (Å²) in [5.41, 5.74) is 4.38. The van der Waals surface area contributed by atoms with Gasteiger partial charge in [0.15, 0.2) is 5.82 Å². The normalized spacial score (nSPS) is 13.7. The molecule has 0 saturated carbocycles. The van der Waals surface area contributed by atoms with Gasteiger partial charge in [0.25, 0.3) is 0 Å². The maximum atomic E-state index is 4.62. The maximum Gasteiger partial charge on any atom is 0.178 e. The van der Waals surface area contributed by atoms with Crippen LogP contribution in [-0.2, 0) is 19.5 Å². The minimum Gasteiger partial charge on any atom is -0.307 e. The minimum absolute atomic E-state index is 0.741. The molecule has 3 rings (SSSR count). The number of nitrogens with zero attached hydrogens (tertiary/aromatic N) is 3. The fourth-order valence-corrected chi connectivity index (χ4v) is 2.14. The van der Waals surface area contributed by atoms with E-state index in [4.69, 9.17) is 0 Å². The molecule has 3 heterocycles. The van der Waals surface area contributed by atoms with Crippen molar-refractivity contribution in [1.82, 2.24) is 20.3 Å². The van der Waals surface area contributed by atoms with Crippen LogP contribution in [-0.4, -0.2) is 15.0 Å². The van der Waals surface area contributed by atoms with Crippen molar-refractivity contribution >= 4 is 0 Å². The summed E-state index contributed by atoms with van der Waals surface area (Å²) in [7, 11) is 0. The van der Waals surface area contributed by atoms with Gasteiger partial charge in [0.2, 0.25) is 0 Å². The lowest BCUT2D eigenvalue weighted by molar-refractivity contribution is 0.755. The number of hydrogen-bond donors (Lipinski definition) is 1. The van der Waals surface area contributed by atoms with Crippen molar-refractivity contribution in [2.75, 3.05) is 0 Å². The Bertz CT molecular complexity index is 537. The number of fused-ring (bicyclic) bond motifs is 1. The highest BCUT2D eigenvalue weighted by Gasteiger charge is 2.18. The third-order valence-electron chi connectivity index (χ3n) is 3.00. The molecule has 0 atom stereocenters. The van der Waals surface area contributed by atoms with Crippen LogP contribution in [0.25, 0.3) is 11.5 Å². The second-order valence-electron chi connectivity index (χ2n) is 4.09. The van der Waals surface area contributed by atoms with Gasteiger partial charge in [-0.3, -0.25) is 4.98 Å². The fourth-order valence-electron chi connectivity index (χ4n) is 2.14. The summed E-state index contributed by atoms with van der Waals surface area (Å²) < 4.78 is 0. The van der Waals surface area contributed by atoms with E-state index >= 15 is 0 Å². The molecule has 0 saturated heterocycles. The standard InChI is InChI=1S/C13H14N4/c1-2-10-9-7-14-8-12(9)17-13(16-10)11-5-3-4-6-15-11/h3-6,14H,2,7-8H2,1H3. The van der Waals surface area contributed by atoms with E-state index in [0.717, 1.165) is 42.4 Å². The van der Waals surface area contributed by atoms with Gasteiger partial charge in [0.05, 0.1) is 5.69 Å². The second kappa shape index (κ2) is 4.22. The Labute approximate surface area is 100 Å². The van der Waals surface area contributed by atoms with E-state index in [2.05, 4.69) is 27.2 Å². The SMILES string of the molecule is CCc1nc(-c2ccccn2)nc2c1CNC2. The molecule has 0 spiro atoms. The van der Waals surface area contributed by atoms with E-state index in [1.54, 1.807) is 6.20 Å². The molecule has 0 aromatic carbocycles. The van der Waals surface area contributed by atoms with Crippen molar-refractivity contribution in [1.29, 1.82) is 0 Å². The Morgan fingerprint density at radius 3 is 2.94 bits per heavy atom. The van der Waals surface area contributed by atoms with E-state index in [0.29, 0.717) is 0 Å². The molecule has 1 aliphatic rings. The Hall–Kier alpha value is -1.81. The molecule has 17 heavy (non-hydrogen) atoms. The van der Waals surface area contributed by atoms with Crippen LogP contribution in [0.1, 0.15) is 23.9 Å². The van der Waals surface area contributed by atoms with Gasteiger partial charge in [-0.1, -0.05) is 13.0 Å². The summed E-state index contributed by atoms with van der Waals surface area (Å²) in [6, 6.07) is 5.81. The number of aromatic nitrogens is 3. The first-order valence-corrected chi connectivity index (χ1v) is 5.89. The topological polar surface area (TPSA) is 50.7 Å². The highest BCUT2D eigenvalue weighted by molar-refractivity contribution is 5.50. The molecule has 0 unspecified atom stereocenters. The molecule has 0 fully saturated rings. The van der Waals surface area contributed by atoms with Crippen LogP contribution in [0.5, 0.6) is 0 Å². The first-order chi connectivity index (χ1) is 8.38. The van der Waals surface area contributed by atoms with Gasteiger partial charge in [-0.05, 0) is 18.6 Å². The van der Waals surface area contributed by atoms with Gasteiger partial charge in [0.1, 0.15) is 5.69 Å². The van der Waals surface area contributed by atoms with Crippen molar-refractivity contribution in [3.63, 3.8) is 0 Å². The Morgan fingerprint density at radius 2 is 2.18 bits per heavy atom. The molecule has 0 aliphatic carbocycles. The molecule has 1 N–H and O–H groups in total. The molecule has 1 aliphatic heterocycles. The minimum atomic E-state index is 0.741. The van der Waals surface area contributed by atoms with Crippen LogP contribution in [0.3, 0.4) is 0 Å². The summed E-state index contributed by atoms with van der Waals surface area (Å²) in [4.78, 5) is 13.5. The van der Waals surface area contributed by atoms with E-state index < -0.39 is 0 Å². The number of hydrogen-bond acceptors (Lipinski definition) is 4. The Morgan fingerprint density at radius 1 is 1.24 bits per heavy atom. The Kier molecular flexibility index (Phi) is 2.57. The van der Waals surface area contributed by atoms with Crippen LogP contribution >= 0.6 is 0 Å². The summed E-state index contributed by atoms with van der Waals surface area (Å²) in [5, 5.41) is 3.32. The summed E-state index contributed by atoms with van der Waals surface area (Å²) in [5.74, 6) is 0.741. The number of rotatable bonds is 2. The van der Waals surface area contributed by atoms with Gasteiger partial charge in [0, 0.05) is 30.5 Å². The predicted molar refractivity (Wildman–Crippen MR) is 65.2 cm³/mol. The highest BCUT2D eigenvalue weighted by atomic mass is 15.0. The summed E-state index contributed by atoms with van der Waals surface area (Å²) in [6.07, 6.45) is 2.71. The van der Waals surface area contributed by atoms with E-state index in [1.807, 2.05) is 18.2 Å². The molecular weight excluding hydrogens is 212 g/mol. The Balaban J connectivity index is 2.13. The lowest BCUT2D eigenvalue weighted by Crippen LogP contribution is -2.03. The quantitative estimate of drug-likeness (QED) is 0.846. The lowest BCUT2D eigenvalue weighted by Gasteiger charge is -2.07. The first-order valence-electron chi connectivity index (χ1n) is 5.89. The molecule has 86 valence electrons. The monoisotopic (exact) mass is 226 g/mol. The molecule has 2 aromatic heterocycles. The van der Waals surface area contributed by atoms with Gasteiger partial charge in [-0.2, -0.15) is 0 Å². The van der Waals surface area contributed by atoms with E-state index in [-0.39, 0.29) is 0 Å². The lowest BCUT2D eigenvalue weighted by atomic mass is 10.1. The summed E-state index contributed by atoms with van der Waals surface area (Å²) in [6.45, 7) is 3.86. The average Bonchev–Trinajstić information content (AvgIpc) is 2.86. The number of pyridine rings is 1. The van der Waals surface area contributed by atoms with Crippen molar-refractivity contribution in [2.45, 2.75) is 26.4 Å². The van der Waals surface area contributed by atoms with Crippen LogP contribution in [0, 0.1) is 0 Å². The molecule has 2 aromatic rings.